The van der Waals surface area contributed by atoms with Gasteiger partial charge in [-0.1, -0.05) is 40.9 Å². The van der Waals surface area contributed by atoms with Gasteiger partial charge in [0.05, 0.1) is 6.67 Å². The molecule has 5 heteroatoms. The van der Waals surface area contributed by atoms with E-state index in [1.165, 1.54) is 5.56 Å². The molecule has 1 unspecified atom stereocenters. The van der Waals surface area contributed by atoms with Crippen LogP contribution in [0.2, 0.25) is 10.0 Å². The number of ketones is 1. The van der Waals surface area contributed by atoms with Crippen molar-refractivity contribution in [1.29, 1.82) is 0 Å². The van der Waals surface area contributed by atoms with Crippen molar-refractivity contribution < 1.29 is 4.79 Å². The Balaban J connectivity index is 1.67. The highest BCUT2D eigenvalue weighted by molar-refractivity contribution is 6.31. The fraction of sp³-hybridized carbons (Fsp3) is 0.174. The maximum absolute atomic E-state index is 13.3. The molecule has 3 aromatic rings. The molecule has 0 amide bonds. The molecule has 3 nitrogen and oxygen atoms in total. The molecule has 3 aromatic carbocycles. The first kappa shape index (κ1) is 18.9. The third-order valence-corrected chi connectivity index (χ3v) is 5.59. The van der Waals surface area contributed by atoms with E-state index in [1.807, 2.05) is 24.3 Å². The van der Waals surface area contributed by atoms with Gasteiger partial charge in [0.1, 0.15) is 6.04 Å². The van der Waals surface area contributed by atoms with Crippen molar-refractivity contribution in [2.24, 2.45) is 0 Å². The number of carbonyl (C=O) groups is 1. The predicted octanol–water partition coefficient (Wildman–Crippen LogP) is 5.84. The summed E-state index contributed by atoms with van der Waals surface area (Å²) in [7, 11) is 0. The zero-order valence-corrected chi connectivity index (χ0v) is 17.0. The highest BCUT2D eigenvalue weighted by atomic mass is 35.5. The van der Waals surface area contributed by atoms with Crippen LogP contribution in [0.5, 0.6) is 0 Å². The van der Waals surface area contributed by atoms with Crippen molar-refractivity contribution in [2.45, 2.75) is 13.0 Å². The Morgan fingerprint density at radius 3 is 1.96 bits per heavy atom. The van der Waals surface area contributed by atoms with Crippen LogP contribution in [0.1, 0.15) is 15.9 Å². The molecule has 1 aliphatic rings. The quantitative estimate of drug-likeness (QED) is 0.504. The summed E-state index contributed by atoms with van der Waals surface area (Å²) in [6, 6.07) is 22.9. The van der Waals surface area contributed by atoms with Crippen molar-refractivity contribution in [1.82, 2.24) is 0 Å². The van der Waals surface area contributed by atoms with E-state index in [0.717, 1.165) is 11.4 Å². The lowest BCUT2D eigenvalue weighted by atomic mass is 10.0. The largest absolute Gasteiger partial charge is 0.351 e. The second-order valence-corrected chi connectivity index (χ2v) is 7.91. The van der Waals surface area contributed by atoms with Gasteiger partial charge in [0.2, 0.25) is 0 Å². The highest BCUT2D eigenvalue weighted by Crippen LogP contribution is 2.30. The van der Waals surface area contributed by atoms with Gasteiger partial charge in [0.15, 0.2) is 5.78 Å². The lowest BCUT2D eigenvalue weighted by molar-refractivity contribution is 0.0968. The summed E-state index contributed by atoms with van der Waals surface area (Å²) >= 11 is 12.0. The zero-order valence-electron chi connectivity index (χ0n) is 15.5. The van der Waals surface area contributed by atoms with Gasteiger partial charge in [0.25, 0.3) is 0 Å². The molecule has 1 fully saturated rings. The summed E-state index contributed by atoms with van der Waals surface area (Å²) in [5, 5.41) is 1.33. The van der Waals surface area contributed by atoms with Gasteiger partial charge in [-0.05, 0) is 67.6 Å². The maximum Gasteiger partial charge on any atom is 0.187 e. The molecule has 1 saturated heterocycles. The van der Waals surface area contributed by atoms with E-state index in [2.05, 4.69) is 41.0 Å². The van der Waals surface area contributed by atoms with Gasteiger partial charge < -0.3 is 9.80 Å². The molecular weight excluding hydrogens is 391 g/mol. The molecule has 28 heavy (non-hydrogen) atoms. The highest BCUT2D eigenvalue weighted by Gasteiger charge is 2.36. The molecular formula is C23H20Cl2N2O. The molecule has 1 atom stereocenters. The van der Waals surface area contributed by atoms with Crippen molar-refractivity contribution in [3.63, 3.8) is 0 Å². The first-order valence-corrected chi connectivity index (χ1v) is 9.90. The Kier molecular flexibility index (Phi) is 5.29. The first-order valence-electron chi connectivity index (χ1n) is 9.15. The Morgan fingerprint density at radius 1 is 0.821 bits per heavy atom. The second kappa shape index (κ2) is 7.86. The van der Waals surface area contributed by atoms with Crippen LogP contribution in [0.25, 0.3) is 0 Å². The van der Waals surface area contributed by atoms with Gasteiger partial charge in [-0.15, -0.1) is 0 Å². The Morgan fingerprint density at radius 2 is 1.36 bits per heavy atom. The van der Waals surface area contributed by atoms with E-state index >= 15 is 0 Å². The van der Waals surface area contributed by atoms with Crippen LogP contribution in [0.4, 0.5) is 11.4 Å². The smallest absolute Gasteiger partial charge is 0.187 e. The van der Waals surface area contributed by atoms with Crippen molar-refractivity contribution >= 4 is 40.4 Å². The number of halogens is 2. The van der Waals surface area contributed by atoms with Gasteiger partial charge in [-0.3, -0.25) is 4.79 Å². The van der Waals surface area contributed by atoms with Gasteiger partial charge in [0, 0.05) is 33.5 Å². The second-order valence-electron chi connectivity index (χ2n) is 7.03. The fourth-order valence-corrected chi connectivity index (χ4v) is 3.77. The lowest BCUT2D eigenvalue weighted by Crippen LogP contribution is -2.37. The molecule has 0 aliphatic carbocycles. The standard InChI is InChI=1S/C23H20Cl2N2O/c1-16-2-10-21(11-3-16)27-15-26(20-12-8-19(25)9-13-20)14-22(27)23(28)17-4-6-18(24)7-5-17/h2-13,22H,14-15H2,1H3. The minimum atomic E-state index is -0.278. The summed E-state index contributed by atoms with van der Waals surface area (Å²) in [6.45, 7) is 3.30. The Labute approximate surface area is 175 Å². The van der Waals surface area contributed by atoms with Gasteiger partial charge in [-0.25, -0.2) is 0 Å². The van der Waals surface area contributed by atoms with Crippen LogP contribution in [0.15, 0.2) is 72.8 Å². The third-order valence-electron chi connectivity index (χ3n) is 5.08. The summed E-state index contributed by atoms with van der Waals surface area (Å²) in [6.07, 6.45) is 0. The summed E-state index contributed by atoms with van der Waals surface area (Å²) in [5.41, 5.74) is 3.95. The minimum Gasteiger partial charge on any atom is -0.351 e. The van der Waals surface area contributed by atoms with Crippen LogP contribution in [-0.4, -0.2) is 25.0 Å². The molecule has 0 radical (unpaired) electrons. The Hall–Kier alpha value is -2.49. The van der Waals surface area contributed by atoms with Crippen LogP contribution < -0.4 is 9.80 Å². The summed E-state index contributed by atoms with van der Waals surface area (Å²) in [4.78, 5) is 17.7. The third kappa shape index (κ3) is 3.87. The monoisotopic (exact) mass is 410 g/mol. The molecule has 0 bridgehead atoms. The van der Waals surface area contributed by atoms with Gasteiger partial charge >= 0.3 is 0 Å². The molecule has 142 valence electrons. The molecule has 0 spiro atoms. The summed E-state index contributed by atoms with van der Waals surface area (Å²) in [5.74, 6) is 0.0914. The summed E-state index contributed by atoms with van der Waals surface area (Å²) < 4.78 is 0. The normalized spacial score (nSPS) is 16.5. The Bertz CT molecular complexity index is 969. The topological polar surface area (TPSA) is 23.6 Å². The van der Waals surface area contributed by atoms with Crippen molar-refractivity contribution in [3.05, 3.63) is 94.0 Å². The molecule has 4 rings (SSSR count). The van der Waals surface area contributed by atoms with Crippen LogP contribution in [0.3, 0.4) is 0 Å². The zero-order chi connectivity index (χ0) is 19.7. The maximum atomic E-state index is 13.3. The first-order chi connectivity index (χ1) is 13.5. The van der Waals surface area contributed by atoms with E-state index in [-0.39, 0.29) is 11.8 Å². The number of rotatable bonds is 4. The van der Waals surface area contributed by atoms with Crippen molar-refractivity contribution in [3.8, 4) is 0 Å². The number of anilines is 2. The van der Waals surface area contributed by atoms with Crippen LogP contribution >= 0.6 is 23.2 Å². The van der Waals surface area contributed by atoms with E-state index in [0.29, 0.717) is 28.8 Å². The SMILES string of the molecule is Cc1ccc(N2CN(c3ccc(Cl)cc3)CC2C(=O)c2ccc(Cl)cc2)cc1. The van der Waals surface area contributed by atoms with Crippen LogP contribution in [-0.2, 0) is 0 Å². The molecule has 0 saturated carbocycles. The number of hydrogen-bond acceptors (Lipinski definition) is 3. The van der Waals surface area contributed by atoms with E-state index in [4.69, 9.17) is 23.2 Å². The average Bonchev–Trinajstić information content (AvgIpc) is 3.14. The molecule has 0 N–H and O–H groups in total. The minimum absolute atomic E-state index is 0.0914. The van der Waals surface area contributed by atoms with E-state index < -0.39 is 0 Å². The number of hydrogen-bond donors (Lipinski definition) is 0. The number of benzene rings is 3. The average molecular weight is 411 g/mol. The van der Waals surface area contributed by atoms with Crippen LogP contribution in [0, 0.1) is 6.92 Å². The predicted molar refractivity (Wildman–Crippen MR) is 117 cm³/mol. The number of carbonyl (C=O) groups excluding carboxylic acids is 1. The molecule has 0 aromatic heterocycles. The number of Topliss-reactive ketones (excluding diaryl/α,β-unsaturated/α-hetero) is 1. The van der Waals surface area contributed by atoms with E-state index in [1.54, 1.807) is 24.3 Å². The van der Waals surface area contributed by atoms with Crippen molar-refractivity contribution in [2.75, 3.05) is 23.0 Å². The fourth-order valence-electron chi connectivity index (χ4n) is 3.52. The molecule has 1 heterocycles. The van der Waals surface area contributed by atoms with Gasteiger partial charge in [-0.2, -0.15) is 0 Å². The number of aryl methyl sites for hydroxylation is 1. The van der Waals surface area contributed by atoms with E-state index in [9.17, 15) is 4.79 Å². The lowest BCUT2D eigenvalue weighted by Gasteiger charge is -2.25. The molecule has 1 aliphatic heterocycles. The number of nitrogens with zero attached hydrogens (tertiary/aromatic N) is 2.